The Kier molecular flexibility index (Phi) is 6.36. The molecular formula is C18H21ClN3O3+. The van der Waals surface area contributed by atoms with Crippen molar-refractivity contribution in [1.29, 1.82) is 0 Å². The zero-order chi connectivity index (χ0) is 18.4. The van der Waals surface area contributed by atoms with Crippen LogP contribution in [0.2, 0.25) is 5.02 Å². The average molecular weight is 363 g/mol. The van der Waals surface area contributed by atoms with Crippen LogP contribution in [-0.4, -0.2) is 35.5 Å². The number of nitro benzene ring substituents is 1. The molecule has 6 nitrogen and oxygen atoms in total. The first-order valence-corrected chi connectivity index (χ1v) is 8.39. The molecule has 25 heavy (non-hydrogen) atoms. The second-order valence-electron chi connectivity index (χ2n) is 5.27. The lowest BCUT2D eigenvalue weighted by atomic mass is 10.2. The van der Waals surface area contributed by atoms with E-state index in [0.29, 0.717) is 11.5 Å². The van der Waals surface area contributed by atoms with Gasteiger partial charge in [-0.2, -0.15) is 0 Å². The van der Waals surface area contributed by atoms with E-state index < -0.39 is 4.92 Å². The van der Waals surface area contributed by atoms with Crippen LogP contribution < -0.4 is 10.1 Å². The Bertz CT molecular complexity index is 783. The maximum Gasteiger partial charge on any atom is 0.276 e. The summed E-state index contributed by atoms with van der Waals surface area (Å²) < 4.78 is 7.95. The normalized spacial score (nSPS) is 10.2. The number of nitrogens with zero attached hydrogens (tertiary/aromatic N) is 2. The van der Waals surface area contributed by atoms with E-state index in [9.17, 15) is 10.1 Å². The van der Waals surface area contributed by atoms with E-state index in [1.807, 2.05) is 31.3 Å². The Labute approximate surface area is 151 Å². The first-order valence-electron chi connectivity index (χ1n) is 8.02. The maximum atomic E-state index is 10.8. The summed E-state index contributed by atoms with van der Waals surface area (Å²) in [5, 5.41) is 14.2. The van der Waals surface area contributed by atoms with Crippen molar-refractivity contribution < 1.29 is 14.2 Å². The number of hydrogen-bond acceptors (Lipinski definition) is 3. The largest absolute Gasteiger partial charge is 0.456 e. The van der Waals surface area contributed by atoms with Gasteiger partial charge in [0.1, 0.15) is 11.5 Å². The lowest BCUT2D eigenvalue weighted by molar-refractivity contribution is -0.522. The monoisotopic (exact) mass is 362 g/mol. The van der Waals surface area contributed by atoms with Gasteiger partial charge in [-0.25, -0.2) is 0 Å². The van der Waals surface area contributed by atoms with E-state index in [-0.39, 0.29) is 10.7 Å². The third-order valence-electron chi connectivity index (χ3n) is 3.80. The molecule has 0 aliphatic heterocycles. The van der Waals surface area contributed by atoms with Gasteiger partial charge in [0.05, 0.1) is 35.6 Å². The summed E-state index contributed by atoms with van der Waals surface area (Å²) in [5.74, 6) is 2.03. The van der Waals surface area contributed by atoms with Crippen LogP contribution in [0, 0.1) is 10.1 Å². The summed E-state index contributed by atoms with van der Waals surface area (Å²) >= 11 is 6.06. The molecule has 0 aromatic heterocycles. The number of rotatable bonds is 6. The van der Waals surface area contributed by atoms with Gasteiger partial charge in [0.25, 0.3) is 11.5 Å². The Morgan fingerprint density at radius 1 is 1.16 bits per heavy atom. The van der Waals surface area contributed by atoms with Gasteiger partial charge >= 0.3 is 0 Å². The first kappa shape index (κ1) is 18.7. The van der Waals surface area contributed by atoms with E-state index in [1.165, 1.54) is 18.2 Å². The molecule has 0 unspecified atom stereocenters. The van der Waals surface area contributed by atoms with Crippen LogP contribution in [0.1, 0.15) is 19.4 Å². The van der Waals surface area contributed by atoms with Crippen molar-refractivity contribution >= 4 is 23.1 Å². The molecule has 0 bridgehead atoms. The number of nitrogens with one attached hydrogen (secondary N) is 1. The summed E-state index contributed by atoms with van der Waals surface area (Å²) in [7, 11) is 1.90. The molecule has 2 rings (SSSR count). The van der Waals surface area contributed by atoms with Crippen LogP contribution >= 0.6 is 11.6 Å². The number of benzene rings is 2. The Morgan fingerprint density at radius 2 is 1.80 bits per heavy atom. The van der Waals surface area contributed by atoms with Crippen LogP contribution in [0.4, 0.5) is 5.69 Å². The average Bonchev–Trinajstić information content (AvgIpc) is 2.62. The first-order chi connectivity index (χ1) is 12.0. The minimum Gasteiger partial charge on any atom is -0.456 e. The minimum atomic E-state index is -0.493. The Morgan fingerprint density at radius 3 is 2.28 bits per heavy atom. The van der Waals surface area contributed by atoms with E-state index in [4.69, 9.17) is 16.3 Å². The molecule has 0 atom stereocenters. The number of ether oxygens (including phenoxy) is 1. The molecule has 0 spiro atoms. The van der Waals surface area contributed by atoms with E-state index in [0.717, 1.165) is 24.5 Å². The highest BCUT2D eigenvalue weighted by Crippen LogP contribution is 2.32. The zero-order valence-corrected chi connectivity index (χ0v) is 15.2. The zero-order valence-electron chi connectivity index (χ0n) is 14.5. The molecule has 0 radical (unpaired) electrons. The molecule has 7 heteroatoms. The molecule has 0 aliphatic carbocycles. The quantitative estimate of drug-likeness (QED) is 0.276. The SMILES string of the molecule is CC[N+](CC)=C(NC)c1ccc(Oc2ccc([N+](=O)[O-])cc2Cl)cc1. The number of amidine groups is 1. The summed E-state index contributed by atoms with van der Waals surface area (Å²) in [4.78, 5) is 10.3. The molecule has 0 aliphatic rings. The number of halogens is 1. The third kappa shape index (κ3) is 4.48. The van der Waals surface area contributed by atoms with Gasteiger partial charge in [-0.15, -0.1) is 0 Å². The molecule has 0 heterocycles. The fraction of sp³-hybridized carbons (Fsp3) is 0.278. The third-order valence-corrected chi connectivity index (χ3v) is 4.09. The highest BCUT2D eigenvalue weighted by molar-refractivity contribution is 6.32. The van der Waals surface area contributed by atoms with Crippen LogP contribution in [-0.2, 0) is 0 Å². The van der Waals surface area contributed by atoms with E-state index in [2.05, 4.69) is 23.7 Å². The van der Waals surface area contributed by atoms with Crippen molar-refractivity contribution in [2.75, 3.05) is 20.1 Å². The lowest BCUT2D eigenvalue weighted by Gasteiger charge is -2.10. The maximum absolute atomic E-state index is 10.8. The molecule has 0 amide bonds. The molecule has 2 aromatic carbocycles. The van der Waals surface area contributed by atoms with Crippen LogP contribution in [0.15, 0.2) is 42.5 Å². The lowest BCUT2D eigenvalue weighted by Crippen LogP contribution is -2.32. The molecule has 0 fully saturated rings. The van der Waals surface area contributed by atoms with Crippen molar-refractivity contribution in [2.45, 2.75) is 13.8 Å². The highest BCUT2D eigenvalue weighted by atomic mass is 35.5. The highest BCUT2D eigenvalue weighted by Gasteiger charge is 2.14. The Balaban J connectivity index is 2.23. The van der Waals surface area contributed by atoms with Crippen LogP contribution in [0.25, 0.3) is 0 Å². The smallest absolute Gasteiger partial charge is 0.276 e. The standard InChI is InChI=1S/C18H20ClN3O3/c1-4-21(5-2)18(20-3)13-6-9-15(10-7-13)25-17-11-8-14(22(23)24)12-16(17)19/h6-12H,4-5H2,1-3H3/p+1. The summed E-state index contributed by atoms with van der Waals surface area (Å²) in [6.45, 7) is 6.02. The predicted octanol–water partition coefficient (Wildman–Crippen LogP) is 4.06. The van der Waals surface area contributed by atoms with Crippen molar-refractivity contribution in [2.24, 2.45) is 0 Å². The van der Waals surface area contributed by atoms with Crippen molar-refractivity contribution in [3.63, 3.8) is 0 Å². The van der Waals surface area contributed by atoms with E-state index >= 15 is 0 Å². The minimum absolute atomic E-state index is 0.0693. The van der Waals surface area contributed by atoms with Crippen LogP contribution in [0.3, 0.4) is 0 Å². The van der Waals surface area contributed by atoms with Crippen LogP contribution in [0.5, 0.6) is 11.5 Å². The van der Waals surface area contributed by atoms with Gasteiger partial charge < -0.3 is 4.74 Å². The van der Waals surface area contributed by atoms with Gasteiger partial charge in [-0.05, 0) is 44.2 Å². The topological polar surface area (TPSA) is 67.4 Å². The second kappa shape index (κ2) is 8.48. The molecule has 1 N–H and O–H groups in total. The van der Waals surface area contributed by atoms with Gasteiger partial charge in [-0.3, -0.25) is 20.0 Å². The van der Waals surface area contributed by atoms with Gasteiger partial charge in [0, 0.05) is 12.1 Å². The second-order valence-corrected chi connectivity index (χ2v) is 5.68. The van der Waals surface area contributed by atoms with Gasteiger partial charge in [0.2, 0.25) is 0 Å². The van der Waals surface area contributed by atoms with E-state index in [1.54, 1.807) is 0 Å². The molecule has 0 saturated heterocycles. The fourth-order valence-corrected chi connectivity index (χ4v) is 2.73. The van der Waals surface area contributed by atoms with Crippen molar-refractivity contribution in [3.05, 3.63) is 63.2 Å². The number of nitro groups is 1. The summed E-state index contributed by atoms with van der Waals surface area (Å²) in [5.41, 5.74) is 0.980. The van der Waals surface area contributed by atoms with Gasteiger partial charge in [-0.1, -0.05) is 11.6 Å². The van der Waals surface area contributed by atoms with Crippen molar-refractivity contribution in [3.8, 4) is 11.5 Å². The number of non-ortho nitro benzene ring substituents is 1. The summed E-state index contributed by atoms with van der Waals surface area (Å²) in [6, 6.07) is 11.7. The van der Waals surface area contributed by atoms with Crippen molar-refractivity contribution in [1.82, 2.24) is 5.32 Å². The summed E-state index contributed by atoms with van der Waals surface area (Å²) in [6.07, 6.45) is 0. The van der Waals surface area contributed by atoms with Gasteiger partial charge in [0.15, 0.2) is 0 Å². The molecule has 2 aromatic rings. The predicted molar refractivity (Wildman–Crippen MR) is 99.1 cm³/mol. The molecular weight excluding hydrogens is 342 g/mol. The fourth-order valence-electron chi connectivity index (χ4n) is 2.52. The Hall–Kier alpha value is -2.60. The number of hydrogen-bond donors (Lipinski definition) is 1. The molecule has 0 saturated carbocycles. The molecule has 132 valence electrons.